The van der Waals surface area contributed by atoms with E-state index in [-0.39, 0.29) is 18.4 Å². The van der Waals surface area contributed by atoms with E-state index in [1.165, 1.54) is 11.9 Å². The summed E-state index contributed by atoms with van der Waals surface area (Å²) in [5.41, 5.74) is 2.20. The average molecular weight is 431 g/mol. The first kappa shape index (κ1) is 23.0. The highest BCUT2D eigenvalue weighted by molar-refractivity contribution is 7.81. The van der Waals surface area contributed by atoms with Gasteiger partial charge < -0.3 is 4.90 Å². The van der Waals surface area contributed by atoms with Crippen molar-refractivity contribution in [1.29, 1.82) is 0 Å². The topological polar surface area (TPSA) is 54.8 Å². The summed E-state index contributed by atoms with van der Waals surface area (Å²) in [6.07, 6.45) is 5.90. The van der Waals surface area contributed by atoms with Crippen LogP contribution in [0, 0.1) is 5.41 Å². The number of nitrogens with one attached hydrogen (secondary N) is 1. The Morgan fingerprint density at radius 3 is 2.24 bits per heavy atom. The van der Waals surface area contributed by atoms with Gasteiger partial charge in [-0.25, -0.2) is 4.98 Å². The van der Waals surface area contributed by atoms with Crippen LogP contribution in [0.5, 0.6) is 0 Å². The highest BCUT2D eigenvalue weighted by Crippen LogP contribution is 2.23. The van der Waals surface area contributed by atoms with Crippen LogP contribution in [0.15, 0.2) is 48.7 Å². The van der Waals surface area contributed by atoms with Gasteiger partial charge in [0.2, 0.25) is 17.5 Å². The molecule has 0 spiro atoms. The maximum absolute atomic E-state index is 12.6. The summed E-state index contributed by atoms with van der Waals surface area (Å²) in [5, 5.41) is 0. The van der Waals surface area contributed by atoms with Gasteiger partial charge in [-0.05, 0) is 36.8 Å². The van der Waals surface area contributed by atoms with Crippen molar-refractivity contribution >= 4 is 54.9 Å². The maximum Gasteiger partial charge on any atom is 0.248 e. The van der Waals surface area contributed by atoms with Gasteiger partial charge >= 0.3 is 0 Å². The predicted molar refractivity (Wildman–Crippen MR) is 125 cm³/mol. The van der Waals surface area contributed by atoms with E-state index in [9.17, 15) is 9.59 Å². The van der Waals surface area contributed by atoms with E-state index in [4.69, 9.17) is 0 Å². The fourth-order valence-electron chi connectivity index (χ4n) is 2.64. The van der Waals surface area contributed by atoms with Crippen molar-refractivity contribution in [3.05, 3.63) is 59.9 Å². The molecular formula is C22H28N3O2S2+. The van der Waals surface area contributed by atoms with E-state index in [0.717, 1.165) is 16.9 Å². The third kappa shape index (κ3) is 6.11. The molecule has 0 aliphatic heterocycles. The Balaban J connectivity index is 1.99. The van der Waals surface area contributed by atoms with Crippen molar-refractivity contribution < 1.29 is 14.6 Å². The smallest absolute Gasteiger partial charge is 0.248 e. The van der Waals surface area contributed by atoms with Crippen LogP contribution in [0.4, 0.5) is 5.69 Å². The first-order valence-electron chi connectivity index (χ1n) is 9.29. The summed E-state index contributed by atoms with van der Waals surface area (Å²) in [4.78, 5) is 31.3. The lowest BCUT2D eigenvalue weighted by molar-refractivity contribution is -0.380. The molecular weight excluding hydrogens is 402 g/mol. The van der Waals surface area contributed by atoms with E-state index in [1.807, 2.05) is 72.8 Å². The van der Waals surface area contributed by atoms with Crippen molar-refractivity contribution in [2.45, 2.75) is 6.92 Å². The highest BCUT2D eigenvalue weighted by atomic mass is 32.1. The van der Waals surface area contributed by atoms with Gasteiger partial charge in [-0.15, -0.1) is 0 Å². The number of amides is 2. The number of carbonyl (C=O) groups excluding carboxylic acids is 2. The summed E-state index contributed by atoms with van der Waals surface area (Å²) >= 11 is 8.47. The summed E-state index contributed by atoms with van der Waals surface area (Å²) in [6.45, 7) is 1.87. The van der Waals surface area contributed by atoms with Crippen molar-refractivity contribution in [1.82, 2.24) is 4.90 Å². The molecule has 2 rings (SSSR count). The predicted octanol–water partition coefficient (Wildman–Crippen LogP) is 2.96. The molecule has 0 radical (unpaired) electrons. The number of anilines is 1. The number of nitrogens with zero attached hydrogens (tertiary/aromatic N) is 2. The quantitative estimate of drug-likeness (QED) is 0.633. The zero-order chi connectivity index (χ0) is 21.4. The molecule has 0 fully saturated rings. The number of aromatic amines is 1. The third-order valence-electron chi connectivity index (χ3n) is 4.79. The van der Waals surface area contributed by atoms with E-state index in [0.29, 0.717) is 11.5 Å². The Kier molecular flexibility index (Phi) is 8.34. The lowest BCUT2D eigenvalue weighted by atomic mass is 9.94. The molecule has 1 aromatic heterocycles. The van der Waals surface area contributed by atoms with Crippen LogP contribution in [0.1, 0.15) is 18.2 Å². The first-order chi connectivity index (χ1) is 13.8. The molecule has 1 heterocycles. The standard InChI is InChI=1S/C22H27N3O2S2/c1-22(15-28,16-29)21(27)25(3)20(26)14-24(2)19-11-8-17(9-12-19)7-10-18-6-4-5-13-23-18/h4-13,28-29H,14-16H2,1-3H3/p+1/b10-7+. The minimum atomic E-state index is -0.765. The molecule has 2 amide bonds. The number of H-pyrrole nitrogens is 1. The van der Waals surface area contributed by atoms with Crippen LogP contribution >= 0.6 is 25.3 Å². The van der Waals surface area contributed by atoms with E-state index < -0.39 is 5.41 Å². The Morgan fingerprint density at radius 1 is 1.03 bits per heavy atom. The largest absolute Gasteiger partial charge is 0.365 e. The number of thiol groups is 2. The summed E-state index contributed by atoms with van der Waals surface area (Å²) in [7, 11) is 3.34. The lowest BCUT2D eigenvalue weighted by Crippen LogP contribution is -2.48. The second kappa shape index (κ2) is 10.5. The molecule has 0 unspecified atom stereocenters. The zero-order valence-electron chi connectivity index (χ0n) is 17.0. The molecule has 0 bridgehead atoms. The minimum Gasteiger partial charge on any atom is -0.365 e. The van der Waals surface area contributed by atoms with Crippen molar-refractivity contribution in [2.75, 3.05) is 37.0 Å². The number of carbonyl (C=O) groups is 2. The van der Waals surface area contributed by atoms with Gasteiger partial charge in [0.15, 0.2) is 6.20 Å². The van der Waals surface area contributed by atoms with Gasteiger partial charge in [-0.1, -0.05) is 12.1 Å². The van der Waals surface area contributed by atoms with Crippen LogP contribution in [-0.4, -0.2) is 48.9 Å². The molecule has 5 nitrogen and oxygen atoms in total. The molecule has 2 aromatic rings. The van der Waals surface area contributed by atoms with E-state index in [2.05, 4.69) is 30.2 Å². The number of rotatable bonds is 8. The minimum absolute atomic E-state index is 0.103. The first-order valence-corrected chi connectivity index (χ1v) is 10.6. The van der Waals surface area contributed by atoms with E-state index in [1.54, 1.807) is 6.92 Å². The third-order valence-corrected chi connectivity index (χ3v) is 6.18. The molecule has 154 valence electrons. The molecule has 29 heavy (non-hydrogen) atoms. The van der Waals surface area contributed by atoms with Crippen molar-refractivity contribution in [2.24, 2.45) is 5.41 Å². The Bertz CT molecular complexity index is 850. The molecule has 0 aliphatic rings. The van der Waals surface area contributed by atoms with Crippen LogP contribution in [0.25, 0.3) is 12.2 Å². The normalized spacial score (nSPS) is 11.5. The van der Waals surface area contributed by atoms with E-state index >= 15 is 0 Å². The lowest BCUT2D eigenvalue weighted by Gasteiger charge is -2.30. The van der Waals surface area contributed by atoms with Gasteiger partial charge in [-0.3, -0.25) is 14.5 Å². The number of likely N-dealkylation sites (N-methyl/N-ethyl adjacent to an activating group) is 2. The van der Waals surface area contributed by atoms with Crippen LogP contribution in [-0.2, 0) is 9.59 Å². The Hall–Kier alpha value is -2.25. The van der Waals surface area contributed by atoms with Crippen LogP contribution in [0.2, 0.25) is 0 Å². The van der Waals surface area contributed by atoms with Crippen molar-refractivity contribution in [3.8, 4) is 0 Å². The Morgan fingerprint density at radius 2 is 1.69 bits per heavy atom. The number of pyridine rings is 1. The Labute approximate surface area is 183 Å². The molecule has 0 saturated carbocycles. The number of hydrogen-bond donors (Lipinski definition) is 2. The molecule has 0 atom stereocenters. The second-order valence-electron chi connectivity index (χ2n) is 7.23. The number of benzene rings is 1. The molecule has 7 heteroatoms. The fraction of sp³-hybridized carbons (Fsp3) is 0.318. The van der Waals surface area contributed by atoms with Gasteiger partial charge in [-0.2, -0.15) is 25.3 Å². The van der Waals surface area contributed by atoms with Gasteiger partial charge in [0, 0.05) is 49.5 Å². The van der Waals surface area contributed by atoms with Crippen LogP contribution < -0.4 is 9.88 Å². The number of aromatic nitrogens is 1. The molecule has 1 N–H and O–H groups in total. The maximum atomic E-state index is 12.6. The second-order valence-corrected chi connectivity index (χ2v) is 7.87. The summed E-state index contributed by atoms with van der Waals surface area (Å²) in [6, 6.07) is 13.8. The van der Waals surface area contributed by atoms with Crippen molar-refractivity contribution in [3.63, 3.8) is 0 Å². The molecule has 0 saturated heterocycles. The number of imide groups is 1. The zero-order valence-corrected chi connectivity index (χ0v) is 18.8. The monoisotopic (exact) mass is 430 g/mol. The highest BCUT2D eigenvalue weighted by Gasteiger charge is 2.35. The van der Waals surface area contributed by atoms with Gasteiger partial charge in [0.25, 0.3) is 0 Å². The SMILES string of the molecule is CN(C(=O)CN(C)c1ccc(/C=C/c2cccc[nH+]2)cc1)C(=O)C(C)(CS)CS. The molecule has 0 aliphatic carbocycles. The number of hydrogen-bond acceptors (Lipinski definition) is 5. The molecule has 1 aromatic carbocycles. The van der Waals surface area contributed by atoms with Gasteiger partial charge in [0.1, 0.15) is 0 Å². The summed E-state index contributed by atoms with van der Waals surface area (Å²) in [5.74, 6) is 0.131. The fourth-order valence-corrected chi connectivity index (χ4v) is 3.31. The summed E-state index contributed by atoms with van der Waals surface area (Å²) < 4.78 is 0. The van der Waals surface area contributed by atoms with Gasteiger partial charge in [0.05, 0.1) is 12.0 Å². The van der Waals surface area contributed by atoms with Crippen LogP contribution in [0.3, 0.4) is 0 Å². The average Bonchev–Trinajstić information content (AvgIpc) is 2.77.